The van der Waals surface area contributed by atoms with Crippen molar-refractivity contribution in [1.82, 2.24) is 5.32 Å². The minimum atomic E-state index is -4.60. The van der Waals surface area contributed by atoms with Crippen LogP contribution in [-0.2, 0) is 6.18 Å². The fraction of sp³-hybridized carbons (Fsp3) is 0.500. The molecule has 2 nitrogen and oxygen atoms in total. The van der Waals surface area contributed by atoms with Crippen LogP contribution in [-0.4, -0.2) is 12.5 Å². The largest absolute Gasteiger partial charge is 0.416 e. The van der Waals surface area contributed by atoms with Gasteiger partial charge < -0.3 is 5.32 Å². The second kappa shape index (κ2) is 5.81. The maximum atomic E-state index is 13.4. The molecule has 1 rings (SSSR count). The summed E-state index contributed by atoms with van der Waals surface area (Å²) >= 11 is 0. The molecule has 0 aliphatic heterocycles. The van der Waals surface area contributed by atoms with Crippen LogP contribution < -0.4 is 5.32 Å². The number of carbonyl (C=O) groups excluding carboxylic acids is 1. The lowest BCUT2D eigenvalue weighted by molar-refractivity contribution is -0.137. The molecule has 0 heterocycles. The number of hydrogen-bond donors (Lipinski definition) is 1. The first-order valence-electron chi connectivity index (χ1n) is 6.16. The van der Waals surface area contributed by atoms with Gasteiger partial charge in [-0.05, 0) is 30.0 Å². The standard InChI is InChI=1S/C14H17F4NO/c1-13(2,3)6-7-19-12(20)10-8-9(14(16,17)18)4-5-11(10)15/h4-5,8H,6-7H2,1-3H3,(H,19,20). The number of hydrogen-bond acceptors (Lipinski definition) is 1. The van der Waals surface area contributed by atoms with Crippen molar-refractivity contribution in [3.8, 4) is 0 Å². The summed E-state index contributed by atoms with van der Waals surface area (Å²) < 4.78 is 51.0. The van der Waals surface area contributed by atoms with Crippen molar-refractivity contribution in [2.24, 2.45) is 5.41 Å². The van der Waals surface area contributed by atoms with Crippen molar-refractivity contribution in [1.29, 1.82) is 0 Å². The van der Waals surface area contributed by atoms with Gasteiger partial charge in [0, 0.05) is 6.54 Å². The van der Waals surface area contributed by atoms with Gasteiger partial charge in [-0.15, -0.1) is 0 Å². The zero-order chi connectivity index (χ0) is 15.6. The first kappa shape index (κ1) is 16.5. The smallest absolute Gasteiger partial charge is 0.352 e. The highest BCUT2D eigenvalue weighted by atomic mass is 19.4. The summed E-state index contributed by atoms with van der Waals surface area (Å²) in [6.07, 6.45) is -3.96. The molecule has 0 spiro atoms. The summed E-state index contributed by atoms with van der Waals surface area (Å²) in [5.74, 6) is -1.80. The molecule has 1 N–H and O–H groups in total. The third-order valence-electron chi connectivity index (χ3n) is 2.70. The van der Waals surface area contributed by atoms with Gasteiger partial charge in [-0.3, -0.25) is 4.79 Å². The second-order valence-corrected chi connectivity index (χ2v) is 5.76. The van der Waals surface area contributed by atoms with Gasteiger partial charge in [0.15, 0.2) is 0 Å². The number of halogens is 4. The predicted molar refractivity (Wildman–Crippen MR) is 67.8 cm³/mol. The lowest BCUT2D eigenvalue weighted by Crippen LogP contribution is -2.28. The van der Waals surface area contributed by atoms with E-state index in [1.807, 2.05) is 20.8 Å². The molecule has 112 valence electrons. The third kappa shape index (κ3) is 4.83. The van der Waals surface area contributed by atoms with Gasteiger partial charge in [0.2, 0.25) is 0 Å². The molecule has 20 heavy (non-hydrogen) atoms. The third-order valence-corrected chi connectivity index (χ3v) is 2.70. The van der Waals surface area contributed by atoms with E-state index in [2.05, 4.69) is 5.32 Å². The Morgan fingerprint density at radius 2 is 1.80 bits per heavy atom. The summed E-state index contributed by atoms with van der Waals surface area (Å²) in [5.41, 5.74) is -1.66. The van der Waals surface area contributed by atoms with Crippen LogP contribution >= 0.6 is 0 Å². The molecule has 0 aliphatic carbocycles. The molecular formula is C14H17F4NO. The van der Waals surface area contributed by atoms with Gasteiger partial charge in [-0.2, -0.15) is 13.2 Å². The molecule has 0 saturated carbocycles. The first-order chi connectivity index (χ1) is 9.00. The average Bonchev–Trinajstić information content (AvgIpc) is 2.25. The Bertz CT molecular complexity index is 489. The highest BCUT2D eigenvalue weighted by Gasteiger charge is 2.31. The Morgan fingerprint density at radius 3 is 2.30 bits per heavy atom. The van der Waals surface area contributed by atoms with Crippen molar-refractivity contribution in [2.75, 3.05) is 6.54 Å². The molecule has 1 aromatic carbocycles. The Morgan fingerprint density at radius 1 is 1.20 bits per heavy atom. The van der Waals surface area contributed by atoms with E-state index in [9.17, 15) is 22.4 Å². The van der Waals surface area contributed by atoms with Gasteiger partial charge in [0.1, 0.15) is 5.82 Å². The summed E-state index contributed by atoms with van der Waals surface area (Å²) in [4.78, 5) is 11.7. The lowest BCUT2D eigenvalue weighted by atomic mass is 9.92. The Balaban J connectivity index is 2.82. The van der Waals surface area contributed by atoms with E-state index in [4.69, 9.17) is 0 Å². The van der Waals surface area contributed by atoms with Crippen LogP contribution in [0.15, 0.2) is 18.2 Å². The maximum absolute atomic E-state index is 13.4. The van der Waals surface area contributed by atoms with Crippen LogP contribution in [0.1, 0.15) is 43.1 Å². The molecular weight excluding hydrogens is 274 g/mol. The number of rotatable bonds is 3. The zero-order valence-corrected chi connectivity index (χ0v) is 11.6. The van der Waals surface area contributed by atoms with E-state index >= 15 is 0 Å². The lowest BCUT2D eigenvalue weighted by Gasteiger charge is -2.18. The van der Waals surface area contributed by atoms with Crippen LogP contribution in [0.25, 0.3) is 0 Å². The number of nitrogens with one attached hydrogen (secondary N) is 1. The minimum absolute atomic E-state index is 0.0281. The molecule has 0 atom stereocenters. The monoisotopic (exact) mass is 291 g/mol. The van der Waals surface area contributed by atoms with Gasteiger partial charge in [0.05, 0.1) is 11.1 Å². The van der Waals surface area contributed by atoms with Crippen molar-refractivity contribution >= 4 is 5.91 Å². The first-order valence-corrected chi connectivity index (χ1v) is 6.16. The fourth-order valence-corrected chi connectivity index (χ4v) is 1.52. The van der Waals surface area contributed by atoms with E-state index in [0.717, 1.165) is 0 Å². The van der Waals surface area contributed by atoms with Gasteiger partial charge in [-0.1, -0.05) is 20.8 Å². The fourth-order valence-electron chi connectivity index (χ4n) is 1.52. The second-order valence-electron chi connectivity index (χ2n) is 5.76. The van der Waals surface area contributed by atoms with E-state index in [0.29, 0.717) is 24.6 Å². The molecule has 0 bridgehead atoms. The molecule has 0 unspecified atom stereocenters. The van der Waals surface area contributed by atoms with Gasteiger partial charge in [0.25, 0.3) is 5.91 Å². The highest BCUT2D eigenvalue weighted by Crippen LogP contribution is 2.30. The topological polar surface area (TPSA) is 29.1 Å². The minimum Gasteiger partial charge on any atom is -0.352 e. The van der Waals surface area contributed by atoms with Crippen molar-refractivity contribution in [3.05, 3.63) is 35.1 Å². The SMILES string of the molecule is CC(C)(C)CCNC(=O)c1cc(C(F)(F)F)ccc1F. The molecule has 1 aromatic rings. The highest BCUT2D eigenvalue weighted by molar-refractivity contribution is 5.94. The average molecular weight is 291 g/mol. The normalized spacial score (nSPS) is 12.3. The van der Waals surface area contributed by atoms with Crippen LogP contribution in [0.3, 0.4) is 0 Å². The van der Waals surface area contributed by atoms with Crippen LogP contribution in [0, 0.1) is 11.2 Å². The molecule has 0 aromatic heterocycles. The summed E-state index contributed by atoms with van der Waals surface area (Å²) in [5, 5.41) is 2.43. The van der Waals surface area contributed by atoms with Crippen molar-refractivity contribution in [2.45, 2.75) is 33.4 Å². The van der Waals surface area contributed by atoms with Crippen LogP contribution in [0.2, 0.25) is 0 Å². The van der Waals surface area contributed by atoms with Crippen molar-refractivity contribution < 1.29 is 22.4 Å². The summed E-state index contributed by atoms with van der Waals surface area (Å²) in [7, 11) is 0. The Labute approximate surface area is 115 Å². The molecule has 0 radical (unpaired) electrons. The van der Waals surface area contributed by atoms with Gasteiger partial charge >= 0.3 is 6.18 Å². The van der Waals surface area contributed by atoms with E-state index in [1.54, 1.807) is 0 Å². The maximum Gasteiger partial charge on any atom is 0.416 e. The van der Waals surface area contributed by atoms with E-state index < -0.39 is 29.0 Å². The molecule has 1 amide bonds. The number of carbonyl (C=O) groups is 1. The molecule has 6 heteroatoms. The summed E-state index contributed by atoms with van der Waals surface area (Å²) in [6, 6.07) is 1.80. The predicted octanol–water partition coefficient (Wildman–Crippen LogP) is 4.01. The summed E-state index contributed by atoms with van der Waals surface area (Å²) in [6.45, 7) is 6.16. The molecule has 0 aliphatic rings. The molecule has 0 saturated heterocycles. The van der Waals surface area contributed by atoms with Crippen LogP contribution in [0.4, 0.5) is 17.6 Å². The quantitative estimate of drug-likeness (QED) is 0.838. The van der Waals surface area contributed by atoms with E-state index in [1.165, 1.54) is 0 Å². The number of benzene rings is 1. The van der Waals surface area contributed by atoms with Crippen LogP contribution in [0.5, 0.6) is 0 Å². The zero-order valence-electron chi connectivity index (χ0n) is 11.6. The van der Waals surface area contributed by atoms with Gasteiger partial charge in [-0.25, -0.2) is 4.39 Å². The Hall–Kier alpha value is -1.59. The van der Waals surface area contributed by atoms with Crippen molar-refractivity contribution in [3.63, 3.8) is 0 Å². The molecule has 0 fully saturated rings. The number of alkyl halides is 3. The Kier molecular flexibility index (Phi) is 4.78. The number of amides is 1. The van der Waals surface area contributed by atoms with E-state index in [-0.39, 0.29) is 12.0 Å².